The van der Waals surface area contributed by atoms with Crippen LogP contribution in [0.5, 0.6) is 0 Å². The highest BCUT2D eigenvalue weighted by atomic mass is 15.1. The van der Waals surface area contributed by atoms with Crippen LogP contribution < -0.4 is 0 Å². The van der Waals surface area contributed by atoms with E-state index in [1.165, 1.54) is 59.3 Å². The molecule has 0 saturated carbocycles. The number of aryl methyl sites for hydroxylation is 2. The topological polar surface area (TPSA) is 17.8 Å². The van der Waals surface area contributed by atoms with E-state index in [1.54, 1.807) is 0 Å². The molecule has 0 aliphatic carbocycles. The smallest absolute Gasteiger partial charge is 0.144 e. The third-order valence-electron chi connectivity index (χ3n) is 6.72. The van der Waals surface area contributed by atoms with Crippen LogP contribution >= 0.6 is 0 Å². The Labute approximate surface area is 205 Å². The molecule has 176 valence electrons. The van der Waals surface area contributed by atoms with Crippen LogP contribution in [0.25, 0.3) is 28.2 Å². The molecule has 0 N–H and O–H groups in total. The maximum Gasteiger partial charge on any atom is 0.144 e. The molecular formula is C32H38N2. The van der Waals surface area contributed by atoms with Crippen LogP contribution in [0.1, 0.15) is 76.1 Å². The minimum absolute atomic E-state index is 0.480. The van der Waals surface area contributed by atoms with Crippen molar-refractivity contribution < 1.29 is 0 Å². The Kier molecular flexibility index (Phi) is 8.00. The molecule has 4 aromatic rings. The predicted molar refractivity (Wildman–Crippen MR) is 146 cm³/mol. The van der Waals surface area contributed by atoms with E-state index in [4.69, 9.17) is 4.98 Å². The zero-order valence-corrected chi connectivity index (χ0v) is 21.2. The summed E-state index contributed by atoms with van der Waals surface area (Å²) < 4.78 is 2.44. The summed E-state index contributed by atoms with van der Waals surface area (Å²) in [6.45, 7) is 9.11. The van der Waals surface area contributed by atoms with Crippen LogP contribution in [0, 0.1) is 0 Å². The van der Waals surface area contributed by atoms with Gasteiger partial charge in [-0.3, -0.25) is 4.57 Å². The van der Waals surface area contributed by atoms with E-state index in [2.05, 4.69) is 111 Å². The molecule has 3 aromatic carbocycles. The highest BCUT2D eigenvalue weighted by Gasteiger charge is 2.21. The summed E-state index contributed by atoms with van der Waals surface area (Å²) in [7, 11) is 0. The number of rotatable bonds is 10. The quantitative estimate of drug-likeness (QED) is 0.220. The van der Waals surface area contributed by atoms with Crippen molar-refractivity contribution in [2.24, 2.45) is 0 Å². The Morgan fingerprint density at radius 1 is 0.794 bits per heavy atom. The third-order valence-corrected chi connectivity index (χ3v) is 6.72. The zero-order chi connectivity index (χ0) is 23.9. The van der Waals surface area contributed by atoms with Gasteiger partial charge in [0.25, 0.3) is 0 Å². The molecule has 1 aromatic heterocycles. The number of aromatic nitrogens is 2. The predicted octanol–water partition coefficient (Wildman–Crippen LogP) is 9.01. The van der Waals surface area contributed by atoms with Crippen molar-refractivity contribution >= 4 is 0 Å². The maximum absolute atomic E-state index is 4.94. The van der Waals surface area contributed by atoms with Gasteiger partial charge in [0.2, 0.25) is 0 Å². The average Bonchev–Trinajstić information content (AvgIpc) is 3.31. The van der Waals surface area contributed by atoms with E-state index >= 15 is 0 Å². The molecule has 0 aliphatic rings. The van der Waals surface area contributed by atoms with E-state index < -0.39 is 0 Å². The zero-order valence-electron chi connectivity index (χ0n) is 21.2. The van der Waals surface area contributed by atoms with Crippen LogP contribution in [0.15, 0.2) is 79.0 Å². The number of imidazole rings is 1. The number of nitrogens with zero attached hydrogens (tertiary/aromatic N) is 2. The molecule has 0 fully saturated rings. The lowest BCUT2D eigenvalue weighted by Crippen LogP contribution is -2.09. The van der Waals surface area contributed by atoms with E-state index in [0.717, 1.165) is 24.2 Å². The SMILES string of the molecule is CCCCCCc1cc(C(C)C)cc(-c2ccccc2)c1-n1c(CC)cnc1-c1ccccc1. The average molecular weight is 451 g/mol. The molecule has 2 heteroatoms. The molecule has 1 heterocycles. The second-order valence-electron chi connectivity index (χ2n) is 9.54. The van der Waals surface area contributed by atoms with Gasteiger partial charge in [-0.15, -0.1) is 0 Å². The number of hydrogen-bond donors (Lipinski definition) is 0. The Balaban J connectivity index is 2.00. The van der Waals surface area contributed by atoms with E-state index in [-0.39, 0.29) is 0 Å². The molecule has 4 rings (SSSR count). The van der Waals surface area contributed by atoms with Crippen LogP contribution in [0.2, 0.25) is 0 Å². The van der Waals surface area contributed by atoms with Gasteiger partial charge in [-0.2, -0.15) is 0 Å². The van der Waals surface area contributed by atoms with Gasteiger partial charge in [0.1, 0.15) is 5.82 Å². The molecular weight excluding hydrogens is 412 g/mol. The van der Waals surface area contributed by atoms with Crippen molar-refractivity contribution in [1.29, 1.82) is 0 Å². The van der Waals surface area contributed by atoms with Gasteiger partial charge >= 0.3 is 0 Å². The Bertz CT molecular complexity index is 1190. The van der Waals surface area contributed by atoms with Crippen LogP contribution in [0.3, 0.4) is 0 Å². The minimum Gasteiger partial charge on any atom is -0.296 e. The number of unbranched alkanes of at least 4 members (excludes halogenated alkanes) is 3. The number of hydrogen-bond acceptors (Lipinski definition) is 1. The minimum atomic E-state index is 0.480. The first-order valence-corrected chi connectivity index (χ1v) is 13.0. The summed E-state index contributed by atoms with van der Waals surface area (Å²) in [5.74, 6) is 1.51. The van der Waals surface area contributed by atoms with E-state index in [0.29, 0.717) is 5.92 Å². The number of benzene rings is 3. The van der Waals surface area contributed by atoms with Crippen molar-refractivity contribution in [2.45, 2.75) is 72.1 Å². The first kappa shape index (κ1) is 24.0. The summed E-state index contributed by atoms with van der Waals surface area (Å²) in [4.78, 5) is 4.94. The maximum atomic E-state index is 4.94. The van der Waals surface area contributed by atoms with Gasteiger partial charge in [0.05, 0.1) is 5.69 Å². The molecule has 0 bridgehead atoms. The highest BCUT2D eigenvalue weighted by Crippen LogP contribution is 2.37. The fourth-order valence-electron chi connectivity index (χ4n) is 4.76. The normalized spacial score (nSPS) is 11.3. The van der Waals surface area contributed by atoms with Crippen molar-refractivity contribution in [3.63, 3.8) is 0 Å². The Hall–Kier alpha value is -3.13. The van der Waals surface area contributed by atoms with Gasteiger partial charge in [0.15, 0.2) is 0 Å². The molecule has 0 radical (unpaired) electrons. The monoisotopic (exact) mass is 450 g/mol. The summed E-state index contributed by atoms with van der Waals surface area (Å²) in [5.41, 5.74) is 9.14. The Morgan fingerprint density at radius 2 is 1.47 bits per heavy atom. The molecule has 0 atom stereocenters. The highest BCUT2D eigenvalue weighted by molar-refractivity contribution is 5.78. The summed E-state index contributed by atoms with van der Waals surface area (Å²) in [5, 5.41) is 0. The standard InChI is InChI=1S/C32H38N2/c1-5-7-8-11-20-27-21-28(24(3)4)22-30(25-16-12-9-13-17-25)31(27)34-29(6-2)23-33-32(34)26-18-14-10-15-19-26/h9-10,12-19,21-24H,5-8,11,20H2,1-4H3. The molecule has 0 saturated heterocycles. The van der Waals surface area contributed by atoms with E-state index in [1.807, 2.05) is 0 Å². The van der Waals surface area contributed by atoms with Gasteiger partial charge in [-0.1, -0.05) is 114 Å². The second kappa shape index (κ2) is 11.3. The largest absolute Gasteiger partial charge is 0.296 e. The lowest BCUT2D eigenvalue weighted by Gasteiger charge is -2.23. The first-order chi connectivity index (χ1) is 16.6. The first-order valence-electron chi connectivity index (χ1n) is 13.0. The third kappa shape index (κ3) is 5.17. The summed E-state index contributed by atoms with van der Waals surface area (Å²) >= 11 is 0. The molecule has 0 spiro atoms. The Morgan fingerprint density at radius 3 is 2.09 bits per heavy atom. The lowest BCUT2D eigenvalue weighted by molar-refractivity contribution is 0.664. The van der Waals surface area contributed by atoms with Gasteiger partial charge in [-0.05, 0) is 47.9 Å². The molecule has 2 nitrogen and oxygen atoms in total. The van der Waals surface area contributed by atoms with Crippen molar-refractivity contribution in [3.05, 3.63) is 95.8 Å². The van der Waals surface area contributed by atoms with Crippen LogP contribution in [0.4, 0.5) is 0 Å². The molecule has 0 aliphatic heterocycles. The fraction of sp³-hybridized carbons (Fsp3) is 0.344. The molecule has 0 unspecified atom stereocenters. The van der Waals surface area contributed by atoms with Gasteiger partial charge < -0.3 is 0 Å². The summed E-state index contributed by atoms with van der Waals surface area (Å²) in [6, 6.07) is 26.4. The van der Waals surface area contributed by atoms with Crippen molar-refractivity contribution in [2.75, 3.05) is 0 Å². The van der Waals surface area contributed by atoms with Gasteiger partial charge in [0, 0.05) is 23.0 Å². The van der Waals surface area contributed by atoms with Crippen molar-refractivity contribution in [1.82, 2.24) is 9.55 Å². The van der Waals surface area contributed by atoms with E-state index in [9.17, 15) is 0 Å². The van der Waals surface area contributed by atoms with Crippen LogP contribution in [-0.4, -0.2) is 9.55 Å². The summed E-state index contributed by atoms with van der Waals surface area (Å²) in [6.07, 6.45) is 9.14. The second-order valence-corrected chi connectivity index (χ2v) is 9.54. The lowest BCUT2D eigenvalue weighted by atomic mass is 9.90. The molecule has 0 amide bonds. The van der Waals surface area contributed by atoms with Crippen molar-refractivity contribution in [3.8, 4) is 28.2 Å². The molecule has 34 heavy (non-hydrogen) atoms. The van der Waals surface area contributed by atoms with Gasteiger partial charge in [-0.25, -0.2) is 4.98 Å². The fourth-order valence-corrected chi connectivity index (χ4v) is 4.76. The van der Waals surface area contributed by atoms with Crippen LogP contribution in [-0.2, 0) is 12.8 Å².